The minimum atomic E-state index is -0.401. The summed E-state index contributed by atoms with van der Waals surface area (Å²) in [6.07, 6.45) is 6.42. The molecule has 0 aromatic heterocycles. The van der Waals surface area contributed by atoms with Gasteiger partial charge >= 0.3 is 0 Å². The second-order valence-electron chi connectivity index (χ2n) is 7.73. The second kappa shape index (κ2) is 12.1. The molecule has 7 nitrogen and oxygen atoms in total. The number of amides is 2. The van der Waals surface area contributed by atoms with Crippen molar-refractivity contribution >= 4 is 47.4 Å². The third-order valence-electron chi connectivity index (χ3n) is 5.54. The molecule has 3 N–H and O–H groups in total. The zero-order valence-electron chi connectivity index (χ0n) is 17.3. The lowest BCUT2D eigenvalue weighted by Crippen LogP contribution is -2.47. The molecule has 1 aliphatic carbocycles. The van der Waals surface area contributed by atoms with E-state index < -0.39 is 5.82 Å². The number of aliphatic imine (C=N–C) groups is 1. The molecule has 1 aliphatic heterocycles. The molecule has 2 aliphatic rings. The SMILES string of the molecule is CN=C(NCC(=O)Nc1cccc(F)c1)NC1CCN(C(=O)C2CCCCC2)C1.I. The number of carbonyl (C=O) groups is 2. The Labute approximate surface area is 194 Å². The maximum absolute atomic E-state index is 13.2. The van der Waals surface area contributed by atoms with E-state index in [4.69, 9.17) is 0 Å². The third-order valence-corrected chi connectivity index (χ3v) is 5.54. The van der Waals surface area contributed by atoms with Gasteiger partial charge in [0, 0.05) is 37.8 Å². The molecule has 166 valence electrons. The number of benzene rings is 1. The van der Waals surface area contributed by atoms with E-state index in [2.05, 4.69) is 20.9 Å². The summed E-state index contributed by atoms with van der Waals surface area (Å²) >= 11 is 0. The van der Waals surface area contributed by atoms with Crippen molar-refractivity contribution in [3.05, 3.63) is 30.1 Å². The number of anilines is 1. The van der Waals surface area contributed by atoms with Gasteiger partial charge in [0.15, 0.2) is 5.96 Å². The van der Waals surface area contributed by atoms with Gasteiger partial charge in [0.2, 0.25) is 11.8 Å². The van der Waals surface area contributed by atoms with Gasteiger partial charge in [0.1, 0.15) is 5.82 Å². The van der Waals surface area contributed by atoms with Crippen LogP contribution in [0, 0.1) is 11.7 Å². The normalized spacial score (nSPS) is 19.7. The monoisotopic (exact) mass is 531 g/mol. The Morgan fingerprint density at radius 3 is 2.67 bits per heavy atom. The summed E-state index contributed by atoms with van der Waals surface area (Å²) in [5.41, 5.74) is 0.410. The molecule has 30 heavy (non-hydrogen) atoms. The van der Waals surface area contributed by atoms with Crippen LogP contribution in [0.15, 0.2) is 29.3 Å². The smallest absolute Gasteiger partial charge is 0.243 e. The number of hydrogen-bond donors (Lipinski definition) is 3. The van der Waals surface area contributed by atoms with E-state index in [1.54, 1.807) is 19.2 Å². The molecule has 1 unspecified atom stereocenters. The first-order valence-corrected chi connectivity index (χ1v) is 10.4. The van der Waals surface area contributed by atoms with Gasteiger partial charge in [-0.1, -0.05) is 25.3 Å². The van der Waals surface area contributed by atoms with Gasteiger partial charge in [-0.2, -0.15) is 0 Å². The van der Waals surface area contributed by atoms with Gasteiger partial charge in [0.05, 0.1) is 6.54 Å². The van der Waals surface area contributed by atoms with E-state index in [0.717, 1.165) is 38.6 Å². The molecule has 1 atom stereocenters. The molecule has 3 rings (SSSR count). The fourth-order valence-corrected chi connectivity index (χ4v) is 4.01. The quantitative estimate of drug-likeness (QED) is 0.310. The van der Waals surface area contributed by atoms with E-state index in [9.17, 15) is 14.0 Å². The summed E-state index contributed by atoms with van der Waals surface area (Å²) in [5, 5.41) is 8.89. The molecule has 2 fully saturated rings. The minimum Gasteiger partial charge on any atom is -0.352 e. The highest BCUT2D eigenvalue weighted by atomic mass is 127. The molecule has 1 heterocycles. The molecule has 1 aromatic carbocycles. The Balaban J connectivity index is 0.00000320. The Morgan fingerprint density at radius 2 is 1.97 bits per heavy atom. The molecule has 1 saturated heterocycles. The van der Waals surface area contributed by atoms with Gasteiger partial charge in [0.25, 0.3) is 0 Å². The van der Waals surface area contributed by atoms with Crippen LogP contribution in [-0.4, -0.2) is 55.4 Å². The highest BCUT2D eigenvalue weighted by Gasteiger charge is 2.31. The maximum atomic E-state index is 13.2. The lowest BCUT2D eigenvalue weighted by molar-refractivity contribution is -0.135. The van der Waals surface area contributed by atoms with Crippen molar-refractivity contribution in [2.45, 2.75) is 44.6 Å². The number of likely N-dealkylation sites (tertiary alicyclic amines) is 1. The number of hydrogen-bond acceptors (Lipinski definition) is 3. The zero-order valence-corrected chi connectivity index (χ0v) is 19.7. The van der Waals surface area contributed by atoms with Crippen LogP contribution in [0.3, 0.4) is 0 Å². The highest BCUT2D eigenvalue weighted by molar-refractivity contribution is 14.0. The molecule has 0 radical (unpaired) electrons. The lowest BCUT2D eigenvalue weighted by Gasteiger charge is -2.26. The predicted molar refractivity (Wildman–Crippen MR) is 127 cm³/mol. The molecular formula is C21H31FIN5O2. The van der Waals surface area contributed by atoms with Gasteiger partial charge in [-0.15, -0.1) is 24.0 Å². The van der Waals surface area contributed by atoms with E-state index in [1.807, 2.05) is 4.90 Å². The molecule has 1 aromatic rings. The van der Waals surface area contributed by atoms with Crippen molar-refractivity contribution in [3.8, 4) is 0 Å². The third kappa shape index (κ3) is 7.10. The largest absolute Gasteiger partial charge is 0.352 e. The number of rotatable bonds is 5. The fourth-order valence-electron chi connectivity index (χ4n) is 4.01. The highest BCUT2D eigenvalue weighted by Crippen LogP contribution is 2.26. The van der Waals surface area contributed by atoms with E-state index in [-0.39, 0.29) is 54.3 Å². The summed E-state index contributed by atoms with van der Waals surface area (Å²) < 4.78 is 13.2. The van der Waals surface area contributed by atoms with E-state index in [0.29, 0.717) is 18.2 Å². The number of nitrogens with one attached hydrogen (secondary N) is 3. The molecular weight excluding hydrogens is 500 g/mol. The summed E-state index contributed by atoms with van der Waals surface area (Å²) in [6, 6.07) is 5.87. The van der Waals surface area contributed by atoms with E-state index >= 15 is 0 Å². The topological polar surface area (TPSA) is 85.8 Å². The van der Waals surface area contributed by atoms with Crippen LogP contribution >= 0.6 is 24.0 Å². The Morgan fingerprint density at radius 1 is 1.20 bits per heavy atom. The van der Waals surface area contributed by atoms with Crippen LogP contribution in [-0.2, 0) is 9.59 Å². The van der Waals surface area contributed by atoms with Gasteiger partial charge in [-0.3, -0.25) is 14.6 Å². The van der Waals surface area contributed by atoms with Crippen molar-refractivity contribution in [3.63, 3.8) is 0 Å². The molecule has 1 saturated carbocycles. The zero-order chi connectivity index (χ0) is 20.6. The number of carbonyl (C=O) groups excluding carboxylic acids is 2. The van der Waals surface area contributed by atoms with Crippen LogP contribution < -0.4 is 16.0 Å². The van der Waals surface area contributed by atoms with E-state index in [1.165, 1.54) is 18.6 Å². The number of nitrogens with zero attached hydrogens (tertiary/aromatic N) is 2. The average Bonchev–Trinajstić information content (AvgIpc) is 3.19. The van der Waals surface area contributed by atoms with Gasteiger partial charge < -0.3 is 20.9 Å². The molecule has 9 heteroatoms. The van der Waals surface area contributed by atoms with Crippen LogP contribution in [0.5, 0.6) is 0 Å². The first kappa shape index (κ1) is 24.4. The first-order chi connectivity index (χ1) is 14.0. The fraction of sp³-hybridized carbons (Fsp3) is 0.571. The van der Waals surface area contributed by atoms with Crippen LogP contribution in [0.25, 0.3) is 0 Å². The van der Waals surface area contributed by atoms with Crippen LogP contribution in [0.4, 0.5) is 10.1 Å². The predicted octanol–water partition coefficient (Wildman–Crippen LogP) is 2.73. The second-order valence-corrected chi connectivity index (χ2v) is 7.73. The standard InChI is InChI=1S/C21H30FN5O2.HI/c1-23-21(24-13-19(28)25-17-9-5-8-16(22)12-17)26-18-10-11-27(14-18)20(29)15-6-3-2-4-7-15;/h5,8-9,12,15,18H,2-4,6-7,10-11,13-14H2,1H3,(H,25,28)(H2,23,24,26);1H. The Hall–Kier alpha value is -1.91. The van der Waals surface area contributed by atoms with Crippen molar-refractivity contribution in [1.82, 2.24) is 15.5 Å². The maximum Gasteiger partial charge on any atom is 0.243 e. The van der Waals surface area contributed by atoms with Crippen LogP contribution in [0.1, 0.15) is 38.5 Å². The van der Waals surface area contributed by atoms with Crippen molar-refractivity contribution in [1.29, 1.82) is 0 Å². The Bertz CT molecular complexity index is 755. The molecule has 0 spiro atoms. The summed E-state index contributed by atoms with van der Waals surface area (Å²) in [4.78, 5) is 30.9. The summed E-state index contributed by atoms with van der Waals surface area (Å²) in [5.74, 6) is 0.287. The van der Waals surface area contributed by atoms with Crippen molar-refractivity contribution in [2.75, 3.05) is 32.0 Å². The van der Waals surface area contributed by atoms with Crippen LogP contribution in [0.2, 0.25) is 0 Å². The molecule has 0 bridgehead atoms. The number of halogens is 2. The van der Waals surface area contributed by atoms with Gasteiger partial charge in [-0.05, 0) is 37.5 Å². The van der Waals surface area contributed by atoms with Crippen molar-refractivity contribution in [2.24, 2.45) is 10.9 Å². The summed E-state index contributed by atoms with van der Waals surface area (Å²) in [6.45, 7) is 1.42. The minimum absolute atomic E-state index is 0. The Kier molecular flexibility index (Phi) is 9.80. The summed E-state index contributed by atoms with van der Waals surface area (Å²) in [7, 11) is 1.64. The lowest BCUT2D eigenvalue weighted by atomic mass is 9.88. The van der Waals surface area contributed by atoms with Crippen molar-refractivity contribution < 1.29 is 14.0 Å². The van der Waals surface area contributed by atoms with Gasteiger partial charge in [-0.25, -0.2) is 4.39 Å². The number of guanidine groups is 1. The molecule has 2 amide bonds. The first-order valence-electron chi connectivity index (χ1n) is 10.4. The average molecular weight is 531 g/mol.